The topological polar surface area (TPSA) is 64.7 Å². The molecule has 4 nitrogen and oxygen atoms in total. The number of nitrogens with two attached hydrogens (primary N) is 1. The summed E-state index contributed by atoms with van der Waals surface area (Å²) >= 11 is 0. The molecule has 0 aliphatic heterocycles. The summed E-state index contributed by atoms with van der Waals surface area (Å²) in [6.45, 7) is 2.67. The summed E-state index contributed by atoms with van der Waals surface area (Å²) in [6.07, 6.45) is 0.00442. The van der Waals surface area contributed by atoms with E-state index >= 15 is 0 Å². The molecule has 1 unspecified atom stereocenters. The second kappa shape index (κ2) is 6.35. The third-order valence-electron chi connectivity index (χ3n) is 2.25. The Morgan fingerprint density at radius 2 is 2.12 bits per heavy atom. The standard InChI is InChI=1S/C12H19NO3/c1-9-3-4-11(12(7-9)15-2)16-8-10(14)5-6-13/h3-4,7,10,14H,5-6,8,13H2,1-2H3. The number of aliphatic hydroxyl groups excluding tert-OH is 1. The van der Waals surface area contributed by atoms with Crippen LogP contribution in [0.2, 0.25) is 0 Å². The fraction of sp³-hybridized carbons (Fsp3) is 0.500. The van der Waals surface area contributed by atoms with Gasteiger partial charge in [-0.05, 0) is 37.6 Å². The molecular weight excluding hydrogens is 206 g/mol. The lowest BCUT2D eigenvalue weighted by Gasteiger charge is -2.14. The molecule has 1 aromatic carbocycles. The monoisotopic (exact) mass is 225 g/mol. The van der Waals surface area contributed by atoms with Gasteiger partial charge in [0.1, 0.15) is 6.61 Å². The van der Waals surface area contributed by atoms with Crippen LogP contribution in [0.1, 0.15) is 12.0 Å². The first-order valence-electron chi connectivity index (χ1n) is 5.33. The number of hydrogen-bond donors (Lipinski definition) is 2. The normalized spacial score (nSPS) is 12.2. The Labute approximate surface area is 96.0 Å². The van der Waals surface area contributed by atoms with Gasteiger partial charge in [0.25, 0.3) is 0 Å². The minimum absolute atomic E-state index is 0.233. The van der Waals surface area contributed by atoms with Gasteiger partial charge in [-0.1, -0.05) is 6.07 Å². The molecule has 0 spiro atoms. The van der Waals surface area contributed by atoms with E-state index in [1.54, 1.807) is 7.11 Å². The zero-order chi connectivity index (χ0) is 12.0. The number of benzene rings is 1. The van der Waals surface area contributed by atoms with E-state index < -0.39 is 6.10 Å². The molecule has 90 valence electrons. The molecule has 0 saturated heterocycles. The van der Waals surface area contributed by atoms with Crippen molar-refractivity contribution in [3.8, 4) is 11.5 Å². The molecule has 0 aromatic heterocycles. The van der Waals surface area contributed by atoms with Gasteiger partial charge >= 0.3 is 0 Å². The van der Waals surface area contributed by atoms with Gasteiger partial charge in [0, 0.05) is 0 Å². The van der Waals surface area contributed by atoms with E-state index in [-0.39, 0.29) is 6.61 Å². The Morgan fingerprint density at radius 1 is 1.38 bits per heavy atom. The minimum Gasteiger partial charge on any atom is -0.493 e. The summed E-state index contributed by atoms with van der Waals surface area (Å²) in [5.41, 5.74) is 6.44. The van der Waals surface area contributed by atoms with Gasteiger partial charge in [-0.2, -0.15) is 0 Å². The molecule has 0 amide bonds. The third kappa shape index (κ3) is 3.72. The van der Waals surface area contributed by atoms with Crippen LogP contribution >= 0.6 is 0 Å². The van der Waals surface area contributed by atoms with E-state index in [1.165, 1.54) is 0 Å². The van der Waals surface area contributed by atoms with E-state index in [9.17, 15) is 5.11 Å². The van der Waals surface area contributed by atoms with Crippen LogP contribution in [0.25, 0.3) is 0 Å². The van der Waals surface area contributed by atoms with Gasteiger partial charge in [0.15, 0.2) is 11.5 Å². The van der Waals surface area contributed by atoms with Crippen LogP contribution in [-0.2, 0) is 0 Å². The van der Waals surface area contributed by atoms with Crippen LogP contribution in [0.5, 0.6) is 11.5 Å². The lowest BCUT2D eigenvalue weighted by atomic mass is 10.2. The average Bonchev–Trinajstić information content (AvgIpc) is 2.27. The van der Waals surface area contributed by atoms with Crippen molar-refractivity contribution in [1.82, 2.24) is 0 Å². The van der Waals surface area contributed by atoms with E-state index in [1.807, 2.05) is 25.1 Å². The predicted octanol–water partition coefficient (Wildman–Crippen LogP) is 1.09. The molecule has 0 aliphatic carbocycles. The molecule has 1 rings (SSSR count). The lowest BCUT2D eigenvalue weighted by Crippen LogP contribution is -2.21. The first-order valence-corrected chi connectivity index (χ1v) is 5.33. The largest absolute Gasteiger partial charge is 0.493 e. The maximum absolute atomic E-state index is 9.48. The maximum atomic E-state index is 9.48. The molecular formula is C12H19NO3. The second-order valence-electron chi connectivity index (χ2n) is 3.70. The highest BCUT2D eigenvalue weighted by Gasteiger charge is 2.07. The average molecular weight is 225 g/mol. The number of aliphatic hydroxyl groups is 1. The first kappa shape index (κ1) is 12.8. The van der Waals surface area contributed by atoms with Gasteiger partial charge in [0.05, 0.1) is 13.2 Å². The predicted molar refractivity (Wildman–Crippen MR) is 62.9 cm³/mol. The highest BCUT2D eigenvalue weighted by atomic mass is 16.5. The summed E-state index contributed by atoms with van der Waals surface area (Å²) in [6, 6.07) is 5.67. The first-order chi connectivity index (χ1) is 7.67. The minimum atomic E-state index is -0.531. The Balaban J connectivity index is 2.59. The number of ether oxygens (including phenoxy) is 2. The highest BCUT2D eigenvalue weighted by molar-refractivity contribution is 5.42. The van der Waals surface area contributed by atoms with Crippen molar-refractivity contribution in [3.05, 3.63) is 23.8 Å². The SMILES string of the molecule is COc1cc(C)ccc1OCC(O)CCN. The number of aryl methyl sites for hydroxylation is 1. The molecule has 0 heterocycles. The van der Waals surface area contributed by atoms with Gasteiger partial charge in [-0.3, -0.25) is 0 Å². The maximum Gasteiger partial charge on any atom is 0.161 e. The number of rotatable bonds is 6. The van der Waals surface area contributed by atoms with Gasteiger partial charge < -0.3 is 20.3 Å². The molecule has 4 heteroatoms. The fourth-order valence-corrected chi connectivity index (χ4v) is 1.36. The van der Waals surface area contributed by atoms with Crippen LogP contribution in [-0.4, -0.2) is 31.5 Å². The zero-order valence-corrected chi connectivity index (χ0v) is 9.77. The molecule has 0 bridgehead atoms. The second-order valence-corrected chi connectivity index (χ2v) is 3.70. The quantitative estimate of drug-likeness (QED) is 0.760. The summed E-state index contributed by atoms with van der Waals surface area (Å²) in [5, 5.41) is 9.48. The summed E-state index contributed by atoms with van der Waals surface area (Å²) in [4.78, 5) is 0. The fourth-order valence-electron chi connectivity index (χ4n) is 1.36. The van der Waals surface area contributed by atoms with Crippen LogP contribution < -0.4 is 15.2 Å². The summed E-state index contributed by atoms with van der Waals surface area (Å²) in [5.74, 6) is 1.32. The van der Waals surface area contributed by atoms with Crippen molar-refractivity contribution < 1.29 is 14.6 Å². The molecule has 16 heavy (non-hydrogen) atoms. The van der Waals surface area contributed by atoms with Crippen molar-refractivity contribution in [2.75, 3.05) is 20.3 Å². The molecule has 1 aromatic rings. The molecule has 0 aliphatic rings. The Bertz CT molecular complexity index is 328. The highest BCUT2D eigenvalue weighted by Crippen LogP contribution is 2.27. The van der Waals surface area contributed by atoms with Gasteiger partial charge in [-0.15, -0.1) is 0 Å². The van der Waals surface area contributed by atoms with E-state index in [0.29, 0.717) is 24.5 Å². The van der Waals surface area contributed by atoms with Crippen LogP contribution in [0, 0.1) is 6.92 Å². The van der Waals surface area contributed by atoms with Crippen molar-refractivity contribution in [3.63, 3.8) is 0 Å². The molecule has 3 N–H and O–H groups in total. The van der Waals surface area contributed by atoms with Crippen molar-refractivity contribution >= 4 is 0 Å². The molecule has 0 fully saturated rings. The van der Waals surface area contributed by atoms with Crippen molar-refractivity contribution in [1.29, 1.82) is 0 Å². The van der Waals surface area contributed by atoms with Crippen LogP contribution in [0.15, 0.2) is 18.2 Å². The number of hydrogen-bond acceptors (Lipinski definition) is 4. The lowest BCUT2D eigenvalue weighted by molar-refractivity contribution is 0.100. The van der Waals surface area contributed by atoms with E-state index in [0.717, 1.165) is 5.56 Å². The van der Waals surface area contributed by atoms with Gasteiger partial charge in [-0.25, -0.2) is 0 Å². The third-order valence-corrected chi connectivity index (χ3v) is 2.25. The van der Waals surface area contributed by atoms with Crippen molar-refractivity contribution in [2.24, 2.45) is 5.73 Å². The Kier molecular flexibility index (Phi) is 5.08. The molecule has 0 saturated carbocycles. The molecule has 0 radical (unpaired) electrons. The molecule has 1 atom stereocenters. The Hall–Kier alpha value is -1.26. The number of methoxy groups -OCH3 is 1. The van der Waals surface area contributed by atoms with Crippen molar-refractivity contribution in [2.45, 2.75) is 19.4 Å². The summed E-state index contributed by atoms with van der Waals surface area (Å²) in [7, 11) is 1.60. The zero-order valence-electron chi connectivity index (χ0n) is 9.77. The summed E-state index contributed by atoms with van der Waals surface area (Å²) < 4.78 is 10.7. The van der Waals surface area contributed by atoms with Crippen LogP contribution in [0.3, 0.4) is 0 Å². The van der Waals surface area contributed by atoms with Gasteiger partial charge in [0.2, 0.25) is 0 Å². The van der Waals surface area contributed by atoms with Crippen LogP contribution in [0.4, 0.5) is 0 Å². The van der Waals surface area contributed by atoms with E-state index in [4.69, 9.17) is 15.2 Å². The smallest absolute Gasteiger partial charge is 0.161 e. The van der Waals surface area contributed by atoms with E-state index in [2.05, 4.69) is 0 Å². The Morgan fingerprint density at radius 3 is 2.75 bits per heavy atom.